The number of aryl methyl sites for hydroxylation is 1. The highest BCUT2D eigenvalue weighted by Crippen LogP contribution is 2.40. The molecule has 0 unspecified atom stereocenters. The van der Waals surface area contributed by atoms with Crippen molar-refractivity contribution < 1.29 is 23.7 Å². The first kappa shape index (κ1) is 17.8. The zero-order valence-electron chi connectivity index (χ0n) is 11.6. The van der Waals surface area contributed by atoms with Crippen LogP contribution in [0.25, 0.3) is 0 Å². The van der Waals surface area contributed by atoms with Crippen LogP contribution >= 0.6 is 0 Å². The highest BCUT2D eigenvalue weighted by molar-refractivity contribution is 5.30. The molecule has 1 aliphatic rings. The van der Waals surface area contributed by atoms with E-state index in [2.05, 4.69) is 4.74 Å². The van der Waals surface area contributed by atoms with Crippen molar-refractivity contribution in [2.75, 3.05) is 0 Å². The molecular weight excluding hydrogens is 284 g/mol. The maximum atomic E-state index is 14.0. The smallest absolute Gasteiger partial charge is 0.400 e. The molecule has 1 saturated carbocycles. The SMILES string of the molecule is C.Cc1ccc(OC(F)(F)C2CCC(C)CC2)c(F)c1F.[HH]. The van der Waals surface area contributed by atoms with Gasteiger partial charge in [0.25, 0.3) is 0 Å². The Bertz CT molecular complexity index is 485. The minimum Gasteiger partial charge on any atom is -0.429 e. The molecule has 2 rings (SSSR count). The summed E-state index contributed by atoms with van der Waals surface area (Å²) in [7, 11) is 0. The second-order valence-electron chi connectivity index (χ2n) is 5.63. The van der Waals surface area contributed by atoms with Gasteiger partial charge in [-0.15, -0.1) is 0 Å². The zero-order chi connectivity index (χ0) is 14.9. The van der Waals surface area contributed by atoms with E-state index in [0.717, 1.165) is 6.07 Å². The van der Waals surface area contributed by atoms with E-state index in [1.807, 2.05) is 6.92 Å². The van der Waals surface area contributed by atoms with Crippen LogP contribution in [0, 0.1) is 30.4 Å². The molecule has 122 valence electrons. The molecule has 1 aromatic rings. The maximum absolute atomic E-state index is 14.0. The predicted octanol–water partition coefficient (Wildman–Crippen LogP) is 5.95. The third-order valence-corrected chi connectivity index (χ3v) is 3.98. The van der Waals surface area contributed by atoms with E-state index >= 15 is 0 Å². The molecule has 0 heterocycles. The van der Waals surface area contributed by atoms with Gasteiger partial charge in [-0.05, 0) is 37.3 Å². The number of rotatable bonds is 3. The van der Waals surface area contributed by atoms with E-state index in [0.29, 0.717) is 31.6 Å². The van der Waals surface area contributed by atoms with Gasteiger partial charge in [-0.2, -0.15) is 13.2 Å². The van der Waals surface area contributed by atoms with Gasteiger partial charge in [0.05, 0.1) is 5.92 Å². The Hall–Kier alpha value is -1.26. The first-order valence-electron chi connectivity index (χ1n) is 6.82. The van der Waals surface area contributed by atoms with Crippen molar-refractivity contribution in [3.63, 3.8) is 0 Å². The zero-order valence-corrected chi connectivity index (χ0v) is 11.6. The lowest BCUT2D eigenvalue weighted by molar-refractivity contribution is -0.224. The Balaban J connectivity index is 0.00000220. The minimum absolute atomic E-state index is 0. The maximum Gasteiger partial charge on any atom is 0.400 e. The average molecular weight is 308 g/mol. The molecule has 1 nitrogen and oxygen atoms in total. The summed E-state index contributed by atoms with van der Waals surface area (Å²) in [5, 5.41) is 0. The fraction of sp³-hybridized carbons (Fsp3) is 0.625. The lowest BCUT2D eigenvalue weighted by atomic mass is 9.82. The fourth-order valence-electron chi connectivity index (χ4n) is 2.53. The second kappa shape index (κ2) is 6.67. The Labute approximate surface area is 124 Å². The van der Waals surface area contributed by atoms with Gasteiger partial charge in [0.2, 0.25) is 5.82 Å². The van der Waals surface area contributed by atoms with Gasteiger partial charge in [-0.1, -0.05) is 33.3 Å². The van der Waals surface area contributed by atoms with Crippen molar-refractivity contribution in [2.24, 2.45) is 11.8 Å². The van der Waals surface area contributed by atoms with Crippen molar-refractivity contribution in [3.8, 4) is 5.75 Å². The van der Waals surface area contributed by atoms with Crippen LogP contribution in [0.2, 0.25) is 0 Å². The summed E-state index contributed by atoms with van der Waals surface area (Å²) in [6.45, 7) is 3.38. The van der Waals surface area contributed by atoms with Gasteiger partial charge in [0.1, 0.15) is 0 Å². The van der Waals surface area contributed by atoms with Crippen LogP contribution in [-0.2, 0) is 0 Å². The standard InChI is InChI=1S/C15H18F4O.CH4.H2/c1-9-3-6-11(7-4-9)15(18,19)20-12-8-5-10(2)13(16)14(12)17;;/h5,8-9,11H,3-4,6-7H2,1-2H3;1H4;1H. The third kappa shape index (κ3) is 3.89. The summed E-state index contributed by atoms with van der Waals surface area (Å²) < 4.78 is 59.5. The van der Waals surface area contributed by atoms with Gasteiger partial charge in [0.15, 0.2) is 11.6 Å². The predicted molar refractivity (Wildman–Crippen MR) is 76.6 cm³/mol. The molecule has 0 amide bonds. The molecule has 1 fully saturated rings. The van der Waals surface area contributed by atoms with Crippen LogP contribution in [0.3, 0.4) is 0 Å². The molecule has 0 bridgehead atoms. The lowest BCUT2D eigenvalue weighted by Crippen LogP contribution is -2.37. The number of alkyl halides is 2. The molecule has 0 atom stereocenters. The number of ether oxygens (including phenoxy) is 1. The average Bonchev–Trinajstić information content (AvgIpc) is 2.40. The van der Waals surface area contributed by atoms with E-state index in [9.17, 15) is 17.6 Å². The summed E-state index contributed by atoms with van der Waals surface area (Å²) in [6, 6.07) is 2.28. The first-order chi connectivity index (χ1) is 9.31. The van der Waals surface area contributed by atoms with E-state index in [1.54, 1.807) is 0 Å². The van der Waals surface area contributed by atoms with Gasteiger partial charge in [0, 0.05) is 1.43 Å². The topological polar surface area (TPSA) is 9.23 Å². The third-order valence-electron chi connectivity index (χ3n) is 3.98. The molecule has 0 saturated heterocycles. The number of halogens is 4. The van der Waals surface area contributed by atoms with Crippen molar-refractivity contribution in [1.29, 1.82) is 0 Å². The van der Waals surface area contributed by atoms with Crippen molar-refractivity contribution in [1.82, 2.24) is 0 Å². The first-order valence-corrected chi connectivity index (χ1v) is 6.82. The Morgan fingerprint density at radius 3 is 2.24 bits per heavy atom. The summed E-state index contributed by atoms with van der Waals surface area (Å²) >= 11 is 0. The molecule has 21 heavy (non-hydrogen) atoms. The van der Waals surface area contributed by atoms with Crippen molar-refractivity contribution in [3.05, 3.63) is 29.3 Å². The van der Waals surface area contributed by atoms with Gasteiger partial charge >= 0.3 is 6.11 Å². The largest absolute Gasteiger partial charge is 0.429 e. The fourth-order valence-corrected chi connectivity index (χ4v) is 2.53. The molecule has 0 spiro atoms. The molecule has 1 aromatic carbocycles. The molecule has 0 aliphatic heterocycles. The Morgan fingerprint density at radius 1 is 1.10 bits per heavy atom. The highest BCUT2D eigenvalue weighted by atomic mass is 19.3. The van der Waals surface area contributed by atoms with E-state index in [1.165, 1.54) is 13.0 Å². The second-order valence-corrected chi connectivity index (χ2v) is 5.63. The Morgan fingerprint density at radius 2 is 1.67 bits per heavy atom. The van der Waals surface area contributed by atoms with Crippen LogP contribution in [0.1, 0.15) is 47.0 Å². The van der Waals surface area contributed by atoms with Crippen LogP contribution in [0.15, 0.2) is 12.1 Å². The normalized spacial score (nSPS) is 22.6. The monoisotopic (exact) mass is 308 g/mol. The van der Waals surface area contributed by atoms with Crippen molar-refractivity contribution >= 4 is 0 Å². The van der Waals surface area contributed by atoms with Crippen molar-refractivity contribution in [2.45, 2.75) is 53.1 Å². The molecule has 5 heteroatoms. The van der Waals surface area contributed by atoms with E-state index < -0.39 is 29.4 Å². The van der Waals surface area contributed by atoms with Crippen LogP contribution in [0.5, 0.6) is 5.75 Å². The molecule has 0 N–H and O–H groups in total. The Kier molecular flexibility index (Phi) is 5.65. The number of hydrogen-bond acceptors (Lipinski definition) is 1. The molecule has 0 aromatic heterocycles. The van der Waals surface area contributed by atoms with Crippen LogP contribution < -0.4 is 4.74 Å². The number of benzene rings is 1. The summed E-state index contributed by atoms with van der Waals surface area (Å²) in [5.74, 6) is -3.74. The lowest BCUT2D eigenvalue weighted by Gasteiger charge is -2.32. The highest BCUT2D eigenvalue weighted by Gasteiger charge is 2.44. The number of hydrogen-bond donors (Lipinski definition) is 0. The van der Waals surface area contributed by atoms with Gasteiger partial charge < -0.3 is 4.74 Å². The minimum atomic E-state index is -3.47. The van der Waals surface area contributed by atoms with Crippen LogP contribution in [0.4, 0.5) is 17.6 Å². The van der Waals surface area contributed by atoms with Gasteiger partial charge in [-0.25, -0.2) is 4.39 Å². The quantitative estimate of drug-likeness (QED) is 0.627. The molecular formula is C16H24F4O. The molecule has 0 radical (unpaired) electrons. The van der Waals surface area contributed by atoms with E-state index in [-0.39, 0.29) is 14.4 Å². The summed E-state index contributed by atoms with van der Waals surface area (Å²) in [5.41, 5.74) is 0.0599. The summed E-state index contributed by atoms with van der Waals surface area (Å²) in [4.78, 5) is 0. The van der Waals surface area contributed by atoms with E-state index in [4.69, 9.17) is 0 Å². The molecule has 1 aliphatic carbocycles. The van der Waals surface area contributed by atoms with Crippen LogP contribution in [-0.4, -0.2) is 6.11 Å². The van der Waals surface area contributed by atoms with Gasteiger partial charge in [-0.3, -0.25) is 0 Å². The summed E-state index contributed by atoms with van der Waals surface area (Å²) in [6.07, 6.45) is -1.39.